The van der Waals surface area contributed by atoms with Gasteiger partial charge in [-0.15, -0.1) is 11.3 Å². The molecule has 2 aliphatic heterocycles. The number of carboxylic acid groups (broad SMARTS) is 1. The zero-order chi connectivity index (χ0) is 19.8. The number of aliphatic hydroxyl groups excluding tert-OH is 1. The Labute approximate surface area is 165 Å². The second-order valence-corrected chi connectivity index (χ2v) is 7.94. The zero-order valence-corrected chi connectivity index (χ0v) is 15.9. The number of hydrogen-bond donors (Lipinski definition) is 3. The molecule has 4 heterocycles. The largest absolute Gasteiger partial charge is 0.481 e. The SMILES string of the molecule is NC[C@H]1CN(c2ccc3c(n2)N(c2nccs2)CC(C(=O)O)C3=O)C[C@@H]1CO. The normalized spacial score (nSPS) is 24.5. The minimum Gasteiger partial charge on any atom is -0.481 e. The van der Waals surface area contributed by atoms with Crippen LogP contribution in [0.25, 0.3) is 0 Å². The second-order valence-electron chi connectivity index (χ2n) is 7.06. The fourth-order valence-corrected chi connectivity index (χ4v) is 4.51. The Kier molecular flexibility index (Phi) is 5.00. The molecular formula is C18H21N5O4S. The molecule has 2 aliphatic rings. The molecule has 1 saturated heterocycles. The van der Waals surface area contributed by atoms with Gasteiger partial charge in [0.15, 0.2) is 10.9 Å². The van der Waals surface area contributed by atoms with E-state index in [0.29, 0.717) is 36.4 Å². The lowest BCUT2D eigenvalue weighted by Gasteiger charge is -2.31. The summed E-state index contributed by atoms with van der Waals surface area (Å²) in [6, 6.07) is 3.37. The van der Waals surface area contributed by atoms with Crippen LogP contribution in [0.3, 0.4) is 0 Å². The molecule has 0 amide bonds. The first-order valence-corrected chi connectivity index (χ1v) is 9.92. The van der Waals surface area contributed by atoms with Crippen molar-refractivity contribution in [2.75, 3.05) is 42.6 Å². The van der Waals surface area contributed by atoms with Crippen molar-refractivity contribution in [3.05, 3.63) is 29.3 Å². The third kappa shape index (κ3) is 3.13. The minimum absolute atomic E-state index is 0.00414. The molecule has 0 bridgehead atoms. The van der Waals surface area contributed by atoms with Gasteiger partial charge >= 0.3 is 5.97 Å². The van der Waals surface area contributed by atoms with Crippen LogP contribution in [0.1, 0.15) is 10.4 Å². The summed E-state index contributed by atoms with van der Waals surface area (Å²) >= 11 is 1.36. The number of rotatable bonds is 5. The van der Waals surface area contributed by atoms with Crippen LogP contribution in [0.5, 0.6) is 0 Å². The molecule has 1 fully saturated rings. The predicted octanol–water partition coefficient (Wildman–Crippen LogP) is 0.577. The van der Waals surface area contributed by atoms with Crippen molar-refractivity contribution >= 4 is 39.9 Å². The van der Waals surface area contributed by atoms with Crippen molar-refractivity contribution in [3.63, 3.8) is 0 Å². The first-order valence-electron chi connectivity index (χ1n) is 9.04. The summed E-state index contributed by atoms with van der Waals surface area (Å²) in [5, 5.41) is 21.4. The number of aromatic nitrogens is 2. The number of carbonyl (C=O) groups excluding carboxylic acids is 1. The molecule has 1 unspecified atom stereocenters. The van der Waals surface area contributed by atoms with E-state index in [0.717, 1.165) is 0 Å². The van der Waals surface area contributed by atoms with Crippen molar-refractivity contribution in [1.29, 1.82) is 0 Å². The summed E-state index contributed by atoms with van der Waals surface area (Å²) in [6.45, 7) is 1.85. The lowest BCUT2D eigenvalue weighted by molar-refractivity contribution is -0.139. The number of hydrogen-bond acceptors (Lipinski definition) is 9. The summed E-state index contributed by atoms with van der Waals surface area (Å²) in [7, 11) is 0. The first kappa shape index (κ1) is 18.8. The number of carbonyl (C=O) groups is 2. The lowest BCUT2D eigenvalue weighted by atomic mass is 9.93. The van der Waals surface area contributed by atoms with Gasteiger partial charge in [0, 0.05) is 43.7 Å². The molecule has 3 atom stereocenters. The van der Waals surface area contributed by atoms with E-state index in [2.05, 4.69) is 4.98 Å². The van der Waals surface area contributed by atoms with E-state index in [1.807, 2.05) is 4.90 Å². The van der Waals surface area contributed by atoms with Gasteiger partial charge in [-0.25, -0.2) is 9.97 Å². The van der Waals surface area contributed by atoms with Crippen molar-refractivity contribution in [2.24, 2.45) is 23.5 Å². The summed E-state index contributed by atoms with van der Waals surface area (Å²) in [6.07, 6.45) is 1.63. The van der Waals surface area contributed by atoms with Gasteiger partial charge in [-0.05, 0) is 24.6 Å². The molecule has 0 radical (unpaired) electrons. The van der Waals surface area contributed by atoms with Crippen LogP contribution in [0.4, 0.5) is 16.8 Å². The average molecular weight is 403 g/mol. The molecule has 4 rings (SSSR count). The van der Waals surface area contributed by atoms with Gasteiger partial charge < -0.3 is 25.7 Å². The molecule has 2 aromatic heterocycles. The van der Waals surface area contributed by atoms with Gasteiger partial charge in [0.2, 0.25) is 0 Å². The van der Waals surface area contributed by atoms with Gasteiger partial charge in [-0.1, -0.05) is 0 Å². The highest BCUT2D eigenvalue weighted by molar-refractivity contribution is 7.13. The molecule has 0 aliphatic carbocycles. The van der Waals surface area contributed by atoms with E-state index >= 15 is 0 Å². The van der Waals surface area contributed by atoms with E-state index < -0.39 is 17.7 Å². The summed E-state index contributed by atoms with van der Waals surface area (Å²) < 4.78 is 0. The molecular weight excluding hydrogens is 382 g/mol. The number of nitrogens with zero attached hydrogens (tertiary/aromatic N) is 4. The molecule has 28 heavy (non-hydrogen) atoms. The van der Waals surface area contributed by atoms with E-state index in [1.165, 1.54) is 11.3 Å². The predicted molar refractivity (Wildman–Crippen MR) is 104 cm³/mol. The maximum absolute atomic E-state index is 12.7. The molecule has 10 heteroatoms. The second kappa shape index (κ2) is 7.46. The standard InChI is InChI=1S/C18H21N5O4S/c19-5-10-6-22(7-11(10)9-24)14-2-1-12-15(25)13(17(26)27)8-23(16(12)21-14)18-20-3-4-28-18/h1-4,10-11,13,24H,5-9,19H2,(H,26,27)/t10-,11+,13?/m0/s1. The third-order valence-electron chi connectivity index (χ3n) is 5.45. The number of aliphatic hydroxyl groups is 1. The van der Waals surface area contributed by atoms with E-state index in [4.69, 9.17) is 10.7 Å². The van der Waals surface area contributed by atoms with E-state index in [9.17, 15) is 19.8 Å². The Morgan fingerprint density at radius 2 is 2.07 bits per heavy atom. The van der Waals surface area contributed by atoms with Crippen molar-refractivity contribution in [1.82, 2.24) is 9.97 Å². The molecule has 0 saturated carbocycles. The number of aliphatic carboxylic acids is 1. The Balaban J connectivity index is 1.73. The number of fused-ring (bicyclic) bond motifs is 1. The number of ketones is 1. The van der Waals surface area contributed by atoms with Gasteiger partial charge in [-0.3, -0.25) is 9.59 Å². The quantitative estimate of drug-likeness (QED) is 0.613. The lowest BCUT2D eigenvalue weighted by Crippen LogP contribution is -2.41. The first-order chi connectivity index (χ1) is 13.5. The highest BCUT2D eigenvalue weighted by atomic mass is 32.1. The Hall–Kier alpha value is -2.56. The fraction of sp³-hybridized carbons (Fsp3) is 0.444. The number of carboxylic acids is 1. The van der Waals surface area contributed by atoms with Crippen molar-refractivity contribution in [2.45, 2.75) is 0 Å². The molecule has 2 aromatic rings. The number of pyridine rings is 1. The molecule has 148 valence electrons. The van der Waals surface area contributed by atoms with Gasteiger partial charge in [0.25, 0.3) is 0 Å². The maximum Gasteiger partial charge on any atom is 0.316 e. The molecule has 9 nitrogen and oxygen atoms in total. The molecule has 0 spiro atoms. The van der Waals surface area contributed by atoms with E-state index in [-0.39, 0.29) is 30.6 Å². The molecule has 0 aromatic carbocycles. The summed E-state index contributed by atoms with van der Waals surface area (Å²) in [5.74, 6) is -1.40. The number of anilines is 3. The van der Waals surface area contributed by atoms with Crippen LogP contribution in [0.2, 0.25) is 0 Å². The maximum atomic E-state index is 12.7. The van der Waals surface area contributed by atoms with Crippen LogP contribution >= 0.6 is 11.3 Å². The fourth-order valence-electron chi connectivity index (χ4n) is 3.86. The summed E-state index contributed by atoms with van der Waals surface area (Å²) in [4.78, 5) is 37.0. The monoisotopic (exact) mass is 403 g/mol. The Morgan fingerprint density at radius 1 is 1.29 bits per heavy atom. The number of nitrogens with two attached hydrogens (primary N) is 1. The smallest absolute Gasteiger partial charge is 0.316 e. The number of thiazole rings is 1. The van der Waals surface area contributed by atoms with Crippen LogP contribution in [0.15, 0.2) is 23.7 Å². The van der Waals surface area contributed by atoms with Crippen LogP contribution in [-0.4, -0.2) is 64.7 Å². The van der Waals surface area contributed by atoms with Crippen LogP contribution < -0.4 is 15.5 Å². The Bertz CT molecular complexity index is 878. The molecule has 4 N–H and O–H groups in total. The number of Topliss-reactive ketones (excluding diaryl/α,β-unsaturated/α-hetero) is 1. The van der Waals surface area contributed by atoms with Gasteiger partial charge in [-0.2, -0.15) is 0 Å². The highest BCUT2D eigenvalue weighted by Crippen LogP contribution is 2.37. The van der Waals surface area contributed by atoms with Gasteiger partial charge in [0.05, 0.1) is 5.56 Å². The van der Waals surface area contributed by atoms with Crippen LogP contribution in [-0.2, 0) is 4.79 Å². The van der Waals surface area contributed by atoms with Crippen LogP contribution in [0, 0.1) is 17.8 Å². The van der Waals surface area contributed by atoms with Crippen molar-refractivity contribution < 1.29 is 19.8 Å². The highest BCUT2D eigenvalue weighted by Gasteiger charge is 2.40. The Morgan fingerprint density at radius 3 is 2.68 bits per heavy atom. The average Bonchev–Trinajstić information content (AvgIpc) is 3.37. The summed E-state index contributed by atoms with van der Waals surface area (Å²) in [5.41, 5.74) is 6.11. The topological polar surface area (TPSA) is 133 Å². The van der Waals surface area contributed by atoms with Crippen molar-refractivity contribution in [3.8, 4) is 0 Å². The third-order valence-corrected chi connectivity index (χ3v) is 6.24. The van der Waals surface area contributed by atoms with Gasteiger partial charge in [0.1, 0.15) is 17.6 Å². The minimum atomic E-state index is -1.16. The van der Waals surface area contributed by atoms with E-state index in [1.54, 1.807) is 28.6 Å². The zero-order valence-electron chi connectivity index (χ0n) is 15.1.